The van der Waals surface area contributed by atoms with Crippen LogP contribution in [0.5, 0.6) is 11.5 Å². The summed E-state index contributed by atoms with van der Waals surface area (Å²) in [5.41, 5.74) is -0.349. The summed E-state index contributed by atoms with van der Waals surface area (Å²) in [7, 11) is -3.30. The number of carbonyl (C=O) groups is 1. The molecule has 1 unspecified atom stereocenters. The van der Waals surface area contributed by atoms with Gasteiger partial charge in [0.15, 0.2) is 9.84 Å². The van der Waals surface area contributed by atoms with Crippen molar-refractivity contribution in [2.45, 2.75) is 19.4 Å². The molecule has 1 aliphatic rings. The van der Waals surface area contributed by atoms with Crippen LogP contribution in [-0.2, 0) is 21.1 Å². The first-order chi connectivity index (χ1) is 11.7. The van der Waals surface area contributed by atoms with Crippen molar-refractivity contribution in [3.63, 3.8) is 0 Å². The van der Waals surface area contributed by atoms with E-state index in [1.807, 2.05) is 0 Å². The van der Waals surface area contributed by atoms with Crippen molar-refractivity contribution in [1.29, 1.82) is 0 Å². The summed E-state index contributed by atoms with van der Waals surface area (Å²) >= 11 is 0. The Balaban J connectivity index is 1.90. The number of phenols is 2. The van der Waals surface area contributed by atoms with Crippen LogP contribution in [0.2, 0.25) is 0 Å². The van der Waals surface area contributed by atoms with Crippen LogP contribution in [0.4, 0.5) is 0 Å². The first kappa shape index (κ1) is 17.0. The summed E-state index contributed by atoms with van der Waals surface area (Å²) < 4.78 is 27.8. The minimum Gasteiger partial charge on any atom is -0.508 e. The predicted octanol–water partition coefficient (Wildman–Crippen LogP) is 0.482. The lowest BCUT2D eigenvalue weighted by Gasteiger charge is -2.12. The van der Waals surface area contributed by atoms with Crippen molar-refractivity contribution in [1.82, 2.24) is 5.32 Å². The molecular weight excluding hydrogens is 350 g/mol. The SMILES string of the molecule is Cc1c(CC(=O)NC2C=CS(=O)(=O)C2)c(=O)oc2cc(O)cc(O)c12. The molecular formula is C16H15NO7S. The van der Waals surface area contributed by atoms with E-state index in [2.05, 4.69) is 5.32 Å². The molecule has 132 valence electrons. The lowest BCUT2D eigenvalue weighted by atomic mass is 10.0. The summed E-state index contributed by atoms with van der Waals surface area (Å²) in [4.78, 5) is 24.3. The number of aryl methyl sites for hydroxylation is 1. The number of nitrogens with one attached hydrogen (secondary N) is 1. The fourth-order valence-corrected chi connectivity index (χ4v) is 4.03. The van der Waals surface area contributed by atoms with Crippen molar-refractivity contribution in [3.05, 3.63) is 45.2 Å². The quantitative estimate of drug-likeness (QED) is 0.674. The summed E-state index contributed by atoms with van der Waals surface area (Å²) in [5, 5.41) is 23.2. The van der Waals surface area contributed by atoms with Crippen LogP contribution >= 0.6 is 0 Å². The van der Waals surface area contributed by atoms with E-state index in [4.69, 9.17) is 4.42 Å². The van der Waals surface area contributed by atoms with Crippen LogP contribution in [0.25, 0.3) is 11.0 Å². The number of rotatable bonds is 3. The fraction of sp³-hybridized carbons (Fsp3) is 0.250. The van der Waals surface area contributed by atoms with Crippen molar-refractivity contribution >= 4 is 26.7 Å². The fourth-order valence-electron chi connectivity index (χ4n) is 2.80. The monoisotopic (exact) mass is 365 g/mol. The molecule has 9 heteroatoms. The largest absolute Gasteiger partial charge is 0.508 e. The molecule has 0 radical (unpaired) electrons. The maximum Gasteiger partial charge on any atom is 0.340 e. The molecule has 1 atom stereocenters. The van der Waals surface area contributed by atoms with Crippen LogP contribution in [0, 0.1) is 6.92 Å². The molecule has 0 saturated heterocycles. The highest BCUT2D eigenvalue weighted by molar-refractivity contribution is 7.94. The molecule has 3 N–H and O–H groups in total. The zero-order valence-corrected chi connectivity index (χ0v) is 14.0. The third kappa shape index (κ3) is 3.36. The van der Waals surface area contributed by atoms with Crippen LogP contribution in [0.1, 0.15) is 11.1 Å². The summed E-state index contributed by atoms with van der Waals surface area (Å²) in [6.07, 6.45) is 1.05. The molecule has 1 aromatic carbocycles. The number of sulfone groups is 1. The number of amides is 1. The molecule has 0 aliphatic carbocycles. The lowest BCUT2D eigenvalue weighted by Crippen LogP contribution is -2.37. The second-order valence-electron chi connectivity index (χ2n) is 5.84. The van der Waals surface area contributed by atoms with Gasteiger partial charge in [-0.2, -0.15) is 0 Å². The molecule has 2 aromatic rings. The Labute approximate surface area is 142 Å². The molecule has 0 bridgehead atoms. The number of benzene rings is 1. The van der Waals surface area contributed by atoms with Gasteiger partial charge < -0.3 is 19.9 Å². The van der Waals surface area contributed by atoms with Crippen LogP contribution in [0.3, 0.4) is 0 Å². The molecule has 0 fully saturated rings. The second-order valence-corrected chi connectivity index (χ2v) is 7.77. The average Bonchev–Trinajstić information content (AvgIpc) is 2.81. The summed E-state index contributed by atoms with van der Waals surface area (Å²) in [6.45, 7) is 1.55. The van der Waals surface area contributed by atoms with E-state index in [9.17, 15) is 28.2 Å². The van der Waals surface area contributed by atoms with E-state index in [0.717, 1.165) is 11.5 Å². The van der Waals surface area contributed by atoms with E-state index in [-0.39, 0.29) is 40.2 Å². The standard InChI is InChI=1S/C16H15NO7S/c1-8-11(6-14(20)17-9-2-3-25(22,23)7-9)16(21)24-13-5-10(18)4-12(19)15(8)13/h2-5,9,18-19H,6-7H2,1H3,(H,17,20). The van der Waals surface area contributed by atoms with Gasteiger partial charge in [-0.25, -0.2) is 13.2 Å². The molecule has 0 spiro atoms. The van der Waals surface area contributed by atoms with E-state index < -0.39 is 27.4 Å². The molecule has 1 aliphatic heterocycles. The van der Waals surface area contributed by atoms with E-state index >= 15 is 0 Å². The van der Waals surface area contributed by atoms with Gasteiger partial charge in [-0.05, 0) is 18.6 Å². The smallest absolute Gasteiger partial charge is 0.340 e. The predicted molar refractivity (Wildman–Crippen MR) is 89.1 cm³/mol. The summed E-state index contributed by atoms with van der Waals surface area (Å²) in [6, 6.07) is 1.66. The zero-order valence-electron chi connectivity index (χ0n) is 13.1. The molecule has 1 aromatic heterocycles. The van der Waals surface area contributed by atoms with Gasteiger partial charge in [0.2, 0.25) is 5.91 Å². The Hall–Kier alpha value is -2.81. The minimum absolute atomic E-state index is 0.00831. The van der Waals surface area contributed by atoms with Gasteiger partial charge in [-0.15, -0.1) is 0 Å². The number of carbonyl (C=O) groups excluding carboxylic acids is 1. The molecule has 25 heavy (non-hydrogen) atoms. The van der Waals surface area contributed by atoms with Gasteiger partial charge in [0.05, 0.1) is 29.2 Å². The van der Waals surface area contributed by atoms with Gasteiger partial charge in [0.25, 0.3) is 0 Å². The van der Waals surface area contributed by atoms with Gasteiger partial charge in [0.1, 0.15) is 17.1 Å². The Morgan fingerprint density at radius 2 is 2.08 bits per heavy atom. The average molecular weight is 365 g/mol. The maximum absolute atomic E-state index is 12.1. The topological polar surface area (TPSA) is 134 Å². The van der Waals surface area contributed by atoms with Crippen LogP contribution in [-0.4, -0.2) is 36.3 Å². The highest BCUT2D eigenvalue weighted by Gasteiger charge is 2.24. The number of fused-ring (bicyclic) bond motifs is 1. The minimum atomic E-state index is -3.30. The van der Waals surface area contributed by atoms with Crippen LogP contribution < -0.4 is 10.9 Å². The third-order valence-corrected chi connectivity index (χ3v) is 5.35. The molecule has 0 saturated carbocycles. The molecule has 2 heterocycles. The van der Waals surface area contributed by atoms with Crippen molar-refractivity contribution in [3.8, 4) is 11.5 Å². The van der Waals surface area contributed by atoms with Crippen LogP contribution in [0.15, 0.2) is 32.8 Å². The van der Waals surface area contributed by atoms with E-state index in [1.165, 1.54) is 12.1 Å². The number of hydrogen-bond acceptors (Lipinski definition) is 7. The maximum atomic E-state index is 12.1. The van der Waals surface area contributed by atoms with Gasteiger partial charge in [-0.3, -0.25) is 4.79 Å². The first-order valence-electron chi connectivity index (χ1n) is 7.35. The Morgan fingerprint density at radius 3 is 2.72 bits per heavy atom. The molecule has 3 rings (SSSR count). The van der Waals surface area contributed by atoms with E-state index in [0.29, 0.717) is 5.56 Å². The van der Waals surface area contributed by atoms with Crippen molar-refractivity contribution in [2.75, 3.05) is 5.75 Å². The molecule has 8 nitrogen and oxygen atoms in total. The lowest BCUT2D eigenvalue weighted by molar-refractivity contribution is -0.120. The number of hydrogen-bond donors (Lipinski definition) is 3. The first-order valence-corrected chi connectivity index (χ1v) is 9.06. The third-order valence-electron chi connectivity index (χ3n) is 3.96. The van der Waals surface area contributed by atoms with Crippen molar-refractivity contribution < 1.29 is 27.8 Å². The molecule has 1 amide bonds. The Kier molecular flexibility index (Phi) is 4.03. The number of aromatic hydroxyl groups is 2. The number of phenolic OH excluding ortho intramolecular Hbond substituents is 2. The summed E-state index contributed by atoms with van der Waals surface area (Å²) in [5.74, 6) is -1.29. The normalized spacial score (nSPS) is 18.5. The van der Waals surface area contributed by atoms with E-state index in [1.54, 1.807) is 6.92 Å². The van der Waals surface area contributed by atoms with Gasteiger partial charge >= 0.3 is 5.63 Å². The zero-order chi connectivity index (χ0) is 18.4. The Bertz CT molecular complexity index is 1070. The highest BCUT2D eigenvalue weighted by atomic mass is 32.2. The van der Waals surface area contributed by atoms with Gasteiger partial charge in [-0.1, -0.05) is 0 Å². The van der Waals surface area contributed by atoms with Gasteiger partial charge in [0, 0.05) is 17.5 Å². The highest BCUT2D eigenvalue weighted by Crippen LogP contribution is 2.32. The van der Waals surface area contributed by atoms with Crippen molar-refractivity contribution in [2.24, 2.45) is 0 Å². The second kappa shape index (κ2) is 5.92. The Morgan fingerprint density at radius 1 is 1.36 bits per heavy atom.